The lowest BCUT2D eigenvalue weighted by Gasteiger charge is -2.05. The van der Waals surface area contributed by atoms with Crippen LogP contribution in [0.15, 0.2) is 17.1 Å². The summed E-state index contributed by atoms with van der Waals surface area (Å²) in [4.78, 5) is 0. The molecule has 0 fully saturated rings. The Hall–Kier alpha value is -0.540. The molecule has 1 nitrogen and oxygen atoms in total. The van der Waals surface area contributed by atoms with E-state index in [0.717, 1.165) is 0 Å². The van der Waals surface area contributed by atoms with Crippen LogP contribution in [0.1, 0.15) is 5.56 Å². The predicted octanol–water partition coefficient (Wildman–Crippen LogP) is 3.47. The highest BCUT2D eigenvalue weighted by molar-refractivity contribution is 9.10. The molecule has 0 saturated heterocycles. The minimum Gasteiger partial charge on any atom is -0.398 e. The predicted molar refractivity (Wildman–Crippen MR) is 53.6 cm³/mol. The number of benzene rings is 1. The first-order valence-corrected chi connectivity index (χ1v) is 4.30. The van der Waals surface area contributed by atoms with E-state index in [2.05, 4.69) is 22.5 Å². The van der Waals surface area contributed by atoms with Gasteiger partial charge in [-0.3, -0.25) is 0 Å². The zero-order chi connectivity index (χ0) is 9.30. The average Bonchev–Trinajstić information content (AvgIpc) is 2.01. The maximum Gasteiger partial charge on any atom is 0.145 e. The van der Waals surface area contributed by atoms with Crippen molar-refractivity contribution >= 4 is 39.3 Å². The van der Waals surface area contributed by atoms with Crippen molar-refractivity contribution in [1.82, 2.24) is 0 Å². The molecule has 0 atom stereocenters. The molecule has 1 aromatic rings. The zero-order valence-electron chi connectivity index (χ0n) is 6.07. The molecule has 0 aliphatic carbocycles. The first-order chi connectivity index (χ1) is 5.57. The fourth-order valence-electron chi connectivity index (χ4n) is 0.835. The van der Waals surface area contributed by atoms with Crippen molar-refractivity contribution in [2.24, 2.45) is 0 Å². The van der Waals surface area contributed by atoms with E-state index in [0.29, 0.717) is 15.7 Å². The SMILES string of the molecule is C=Cc1c(N)cc(F)c(Cl)c1Br. The monoisotopic (exact) mass is 249 g/mol. The Bertz CT molecular complexity index is 338. The molecule has 2 N–H and O–H groups in total. The third-order valence-corrected chi connectivity index (χ3v) is 2.86. The van der Waals surface area contributed by atoms with Crippen LogP contribution in [0.4, 0.5) is 10.1 Å². The Labute approximate surface area is 83.1 Å². The maximum absolute atomic E-state index is 12.9. The van der Waals surface area contributed by atoms with E-state index in [-0.39, 0.29) is 5.02 Å². The number of nitrogen functional groups attached to an aromatic ring is 1. The van der Waals surface area contributed by atoms with Crippen LogP contribution in [-0.2, 0) is 0 Å². The van der Waals surface area contributed by atoms with Gasteiger partial charge in [-0.15, -0.1) is 0 Å². The van der Waals surface area contributed by atoms with Gasteiger partial charge in [-0.1, -0.05) is 24.3 Å². The molecular formula is C8H6BrClFN. The number of anilines is 1. The van der Waals surface area contributed by atoms with Crippen LogP contribution in [0.25, 0.3) is 6.08 Å². The number of hydrogen-bond acceptors (Lipinski definition) is 1. The average molecular weight is 250 g/mol. The Kier molecular flexibility index (Phi) is 2.75. The van der Waals surface area contributed by atoms with Gasteiger partial charge in [0.1, 0.15) is 5.82 Å². The van der Waals surface area contributed by atoms with E-state index in [1.54, 1.807) is 0 Å². The van der Waals surface area contributed by atoms with Crippen LogP contribution in [0.5, 0.6) is 0 Å². The lowest BCUT2D eigenvalue weighted by atomic mass is 10.2. The van der Waals surface area contributed by atoms with Crippen molar-refractivity contribution in [3.05, 3.63) is 33.5 Å². The van der Waals surface area contributed by atoms with Gasteiger partial charge in [0.2, 0.25) is 0 Å². The Morgan fingerprint density at radius 2 is 2.25 bits per heavy atom. The summed E-state index contributed by atoms with van der Waals surface area (Å²) in [6, 6.07) is 1.17. The molecule has 0 aromatic heterocycles. The summed E-state index contributed by atoms with van der Waals surface area (Å²) in [5.41, 5.74) is 6.43. The van der Waals surface area contributed by atoms with Crippen LogP contribution in [-0.4, -0.2) is 0 Å². The second-order valence-corrected chi connectivity index (χ2v) is 3.36. The molecule has 0 saturated carbocycles. The van der Waals surface area contributed by atoms with Gasteiger partial charge in [0.05, 0.1) is 5.02 Å². The molecule has 1 aromatic carbocycles. The van der Waals surface area contributed by atoms with Crippen molar-refractivity contribution < 1.29 is 4.39 Å². The van der Waals surface area contributed by atoms with Crippen LogP contribution < -0.4 is 5.73 Å². The molecule has 0 spiro atoms. The van der Waals surface area contributed by atoms with Gasteiger partial charge in [0, 0.05) is 15.7 Å². The smallest absolute Gasteiger partial charge is 0.145 e. The van der Waals surface area contributed by atoms with Gasteiger partial charge in [0.25, 0.3) is 0 Å². The third-order valence-electron chi connectivity index (χ3n) is 1.44. The molecule has 0 radical (unpaired) electrons. The van der Waals surface area contributed by atoms with Crippen LogP contribution >= 0.6 is 27.5 Å². The first kappa shape index (κ1) is 9.55. The van der Waals surface area contributed by atoms with Gasteiger partial charge in [-0.2, -0.15) is 0 Å². The minimum absolute atomic E-state index is 0.0269. The van der Waals surface area contributed by atoms with Gasteiger partial charge in [-0.25, -0.2) is 4.39 Å². The molecule has 0 aliphatic rings. The first-order valence-electron chi connectivity index (χ1n) is 3.13. The molecule has 4 heteroatoms. The van der Waals surface area contributed by atoms with Crippen molar-refractivity contribution in [3.8, 4) is 0 Å². The second-order valence-electron chi connectivity index (χ2n) is 2.19. The highest BCUT2D eigenvalue weighted by atomic mass is 79.9. The van der Waals surface area contributed by atoms with Crippen molar-refractivity contribution in [2.45, 2.75) is 0 Å². The number of nitrogens with two attached hydrogens (primary N) is 1. The third kappa shape index (κ3) is 1.47. The van der Waals surface area contributed by atoms with Crippen molar-refractivity contribution in [2.75, 3.05) is 5.73 Å². The van der Waals surface area contributed by atoms with Crippen molar-refractivity contribution in [1.29, 1.82) is 0 Å². The van der Waals surface area contributed by atoms with Gasteiger partial charge in [-0.05, 0) is 22.0 Å². The largest absolute Gasteiger partial charge is 0.398 e. The van der Waals surface area contributed by atoms with E-state index in [1.165, 1.54) is 12.1 Å². The van der Waals surface area contributed by atoms with E-state index in [1.807, 2.05) is 0 Å². The molecule has 0 heterocycles. The van der Waals surface area contributed by atoms with Gasteiger partial charge < -0.3 is 5.73 Å². The Morgan fingerprint density at radius 1 is 1.67 bits per heavy atom. The van der Waals surface area contributed by atoms with E-state index < -0.39 is 5.82 Å². The normalized spacial score (nSPS) is 9.92. The highest BCUT2D eigenvalue weighted by Crippen LogP contribution is 2.33. The van der Waals surface area contributed by atoms with Crippen molar-refractivity contribution in [3.63, 3.8) is 0 Å². The summed E-state index contributed by atoms with van der Waals surface area (Å²) in [5, 5.41) is 0.0269. The molecule has 0 bridgehead atoms. The maximum atomic E-state index is 12.9. The number of halogens is 3. The summed E-state index contributed by atoms with van der Waals surface area (Å²) in [6.45, 7) is 3.53. The summed E-state index contributed by atoms with van der Waals surface area (Å²) in [7, 11) is 0. The molecule has 0 aliphatic heterocycles. The highest BCUT2D eigenvalue weighted by Gasteiger charge is 2.10. The molecule has 0 amide bonds. The topological polar surface area (TPSA) is 26.0 Å². The van der Waals surface area contributed by atoms with E-state index >= 15 is 0 Å². The van der Waals surface area contributed by atoms with Gasteiger partial charge >= 0.3 is 0 Å². The fraction of sp³-hybridized carbons (Fsp3) is 0. The summed E-state index contributed by atoms with van der Waals surface area (Å²) in [6.07, 6.45) is 1.52. The molecular weight excluding hydrogens is 244 g/mol. The standard InChI is InChI=1S/C8H6BrClFN/c1-2-4-6(12)3-5(11)8(10)7(4)9/h2-3H,1,12H2. The summed E-state index contributed by atoms with van der Waals surface area (Å²) in [5.74, 6) is -0.536. The minimum atomic E-state index is -0.536. The molecule has 1 rings (SSSR count). The lowest BCUT2D eigenvalue weighted by Crippen LogP contribution is -1.93. The molecule has 12 heavy (non-hydrogen) atoms. The Balaban J connectivity index is 3.51. The molecule has 64 valence electrons. The van der Waals surface area contributed by atoms with Crippen LogP contribution in [0.3, 0.4) is 0 Å². The zero-order valence-corrected chi connectivity index (χ0v) is 8.41. The van der Waals surface area contributed by atoms with Gasteiger partial charge in [0.15, 0.2) is 0 Å². The quantitative estimate of drug-likeness (QED) is 0.599. The fourth-order valence-corrected chi connectivity index (χ4v) is 1.57. The molecule has 0 unspecified atom stereocenters. The summed E-state index contributed by atoms with van der Waals surface area (Å²) >= 11 is 8.73. The number of hydrogen-bond donors (Lipinski definition) is 1. The van der Waals surface area contributed by atoms with E-state index in [4.69, 9.17) is 17.3 Å². The Morgan fingerprint density at radius 3 is 2.75 bits per heavy atom. The summed E-state index contributed by atoms with van der Waals surface area (Å²) < 4.78 is 13.3. The van der Waals surface area contributed by atoms with E-state index in [9.17, 15) is 4.39 Å². The van der Waals surface area contributed by atoms with Crippen LogP contribution in [0.2, 0.25) is 5.02 Å². The lowest BCUT2D eigenvalue weighted by molar-refractivity contribution is 0.628. The second kappa shape index (κ2) is 3.46. The number of rotatable bonds is 1. The van der Waals surface area contributed by atoms with Crippen LogP contribution in [0, 0.1) is 5.82 Å².